The number of ether oxygens (including phenoxy) is 1. The van der Waals surface area contributed by atoms with E-state index < -0.39 is 0 Å². The van der Waals surface area contributed by atoms with Crippen LogP contribution >= 0.6 is 22.7 Å². The highest BCUT2D eigenvalue weighted by molar-refractivity contribution is 7.20. The lowest BCUT2D eigenvalue weighted by molar-refractivity contribution is 0.309. The molecule has 0 fully saturated rings. The van der Waals surface area contributed by atoms with E-state index in [0.29, 0.717) is 0 Å². The lowest BCUT2D eigenvalue weighted by Gasteiger charge is -2.05. The Labute approximate surface area is 180 Å². The molecule has 4 aromatic rings. The molecule has 0 spiro atoms. The van der Waals surface area contributed by atoms with Crippen LogP contribution in [0.5, 0.6) is 5.75 Å². The summed E-state index contributed by atoms with van der Waals surface area (Å²) in [6.45, 7) is 7.19. The second-order valence-electron chi connectivity index (χ2n) is 7.12. The number of thiazole rings is 2. The Morgan fingerprint density at radius 1 is 0.862 bits per heavy atom. The molecule has 0 saturated carbocycles. The van der Waals surface area contributed by atoms with Crippen LogP contribution in [-0.2, 0) is 0 Å². The highest BCUT2D eigenvalue weighted by Crippen LogP contribution is 2.34. The first-order valence-electron chi connectivity index (χ1n) is 9.86. The van der Waals surface area contributed by atoms with Crippen molar-refractivity contribution in [2.75, 3.05) is 6.61 Å². The average molecular weight is 421 g/mol. The van der Waals surface area contributed by atoms with Gasteiger partial charge in [0, 0.05) is 21.9 Å². The van der Waals surface area contributed by atoms with E-state index in [-0.39, 0.29) is 0 Å². The van der Waals surface area contributed by atoms with Crippen LogP contribution in [0.25, 0.3) is 32.5 Å². The Bertz CT molecular complexity index is 1100. The maximum absolute atomic E-state index is 5.75. The van der Waals surface area contributed by atoms with E-state index in [1.807, 2.05) is 12.1 Å². The molecule has 4 rings (SSSR count). The van der Waals surface area contributed by atoms with Crippen LogP contribution in [0.4, 0.5) is 0 Å². The van der Waals surface area contributed by atoms with Gasteiger partial charge in [-0.1, -0.05) is 37.1 Å². The van der Waals surface area contributed by atoms with E-state index >= 15 is 0 Å². The molecule has 0 N–H and O–H groups in total. The standard InChI is InChI=1S/C24H24N2OS2/c1-4-5-12-27-19-9-7-18(8-10-19)21-14-28-23(25-21)24-26-22(15-29-24)20-11-6-16(2)13-17(20)3/h6-11,13-15H,4-5,12H2,1-3H3. The van der Waals surface area contributed by atoms with Crippen LogP contribution < -0.4 is 4.74 Å². The molecule has 0 amide bonds. The summed E-state index contributed by atoms with van der Waals surface area (Å²) in [7, 11) is 0. The van der Waals surface area contributed by atoms with Crippen LogP contribution in [0.3, 0.4) is 0 Å². The molecule has 2 aromatic heterocycles. The lowest BCUT2D eigenvalue weighted by atomic mass is 10.0. The zero-order valence-corrected chi connectivity index (χ0v) is 18.6. The minimum atomic E-state index is 0.767. The van der Waals surface area contributed by atoms with E-state index in [0.717, 1.165) is 52.2 Å². The summed E-state index contributed by atoms with van der Waals surface area (Å²) >= 11 is 3.29. The minimum Gasteiger partial charge on any atom is -0.494 e. The van der Waals surface area contributed by atoms with Crippen molar-refractivity contribution in [1.82, 2.24) is 9.97 Å². The van der Waals surface area contributed by atoms with Crippen molar-refractivity contribution in [3.63, 3.8) is 0 Å². The molecule has 0 aliphatic heterocycles. The lowest BCUT2D eigenvalue weighted by Crippen LogP contribution is -1.95. The Hall–Kier alpha value is -2.50. The molecule has 0 bridgehead atoms. The summed E-state index contributed by atoms with van der Waals surface area (Å²) in [6, 6.07) is 14.7. The summed E-state index contributed by atoms with van der Waals surface area (Å²) in [5, 5.41) is 6.15. The topological polar surface area (TPSA) is 35.0 Å². The maximum atomic E-state index is 5.75. The first kappa shape index (κ1) is 19.8. The van der Waals surface area contributed by atoms with E-state index in [9.17, 15) is 0 Å². The Kier molecular flexibility index (Phi) is 6.07. The van der Waals surface area contributed by atoms with E-state index in [4.69, 9.17) is 14.7 Å². The van der Waals surface area contributed by atoms with Gasteiger partial charge in [0.2, 0.25) is 0 Å². The van der Waals surface area contributed by atoms with Crippen molar-refractivity contribution >= 4 is 22.7 Å². The van der Waals surface area contributed by atoms with Crippen molar-refractivity contribution in [2.24, 2.45) is 0 Å². The molecule has 2 heterocycles. The molecule has 29 heavy (non-hydrogen) atoms. The molecular formula is C24H24N2OS2. The fourth-order valence-corrected chi connectivity index (χ4v) is 4.86. The van der Waals surface area contributed by atoms with Crippen LogP contribution in [-0.4, -0.2) is 16.6 Å². The molecule has 0 atom stereocenters. The monoisotopic (exact) mass is 420 g/mol. The number of nitrogens with zero attached hydrogens (tertiary/aromatic N) is 2. The molecule has 3 nitrogen and oxygen atoms in total. The second-order valence-corrected chi connectivity index (χ2v) is 8.84. The predicted octanol–water partition coefficient (Wildman–Crippen LogP) is 7.40. The minimum absolute atomic E-state index is 0.767. The number of hydrogen-bond acceptors (Lipinski definition) is 5. The summed E-state index contributed by atoms with van der Waals surface area (Å²) in [4.78, 5) is 9.68. The SMILES string of the molecule is CCCCOc1ccc(-c2csc(-c3nc(-c4ccc(C)cc4C)cs3)n2)cc1. The number of hydrogen-bond donors (Lipinski definition) is 0. The number of rotatable bonds is 7. The number of benzene rings is 2. The van der Waals surface area contributed by atoms with Gasteiger partial charge in [0.25, 0.3) is 0 Å². The van der Waals surface area contributed by atoms with Crippen LogP contribution in [0, 0.1) is 13.8 Å². The molecule has 0 unspecified atom stereocenters. The average Bonchev–Trinajstić information content (AvgIpc) is 3.38. The van der Waals surface area contributed by atoms with Gasteiger partial charge in [-0.3, -0.25) is 0 Å². The summed E-state index contributed by atoms with van der Waals surface area (Å²) in [6.07, 6.45) is 2.22. The molecule has 0 aliphatic carbocycles. The summed E-state index contributed by atoms with van der Waals surface area (Å²) < 4.78 is 5.75. The van der Waals surface area contributed by atoms with Crippen molar-refractivity contribution < 1.29 is 4.74 Å². The predicted molar refractivity (Wildman–Crippen MR) is 124 cm³/mol. The van der Waals surface area contributed by atoms with Gasteiger partial charge in [0.05, 0.1) is 18.0 Å². The van der Waals surface area contributed by atoms with Gasteiger partial charge in [-0.25, -0.2) is 9.97 Å². The fourth-order valence-electron chi connectivity index (χ4n) is 3.16. The van der Waals surface area contributed by atoms with Crippen molar-refractivity contribution in [3.8, 4) is 38.3 Å². The number of unbranched alkanes of at least 4 members (excludes halogenated alkanes) is 1. The second kappa shape index (κ2) is 8.89. The molecular weight excluding hydrogens is 396 g/mol. The van der Waals surface area contributed by atoms with Crippen LogP contribution in [0.15, 0.2) is 53.2 Å². The van der Waals surface area contributed by atoms with Gasteiger partial charge >= 0.3 is 0 Å². The van der Waals surface area contributed by atoms with Gasteiger partial charge < -0.3 is 4.74 Å². The third-order valence-corrected chi connectivity index (χ3v) is 6.59. The first-order valence-corrected chi connectivity index (χ1v) is 11.6. The van der Waals surface area contributed by atoms with Gasteiger partial charge in [-0.2, -0.15) is 0 Å². The third kappa shape index (κ3) is 4.57. The fraction of sp³-hybridized carbons (Fsp3) is 0.250. The Balaban J connectivity index is 1.51. The number of aryl methyl sites for hydroxylation is 2. The maximum Gasteiger partial charge on any atom is 0.152 e. The quantitative estimate of drug-likeness (QED) is 0.292. The van der Waals surface area contributed by atoms with Crippen LogP contribution in [0.1, 0.15) is 30.9 Å². The highest BCUT2D eigenvalue weighted by Gasteiger charge is 2.13. The molecule has 5 heteroatoms. The molecule has 2 aromatic carbocycles. The molecule has 0 radical (unpaired) electrons. The van der Waals surface area contributed by atoms with Gasteiger partial charge in [-0.05, 0) is 50.1 Å². The molecule has 0 saturated heterocycles. The Morgan fingerprint density at radius 2 is 1.55 bits per heavy atom. The largest absolute Gasteiger partial charge is 0.494 e. The normalized spacial score (nSPS) is 11.0. The van der Waals surface area contributed by atoms with Crippen molar-refractivity contribution in [1.29, 1.82) is 0 Å². The van der Waals surface area contributed by atoms with E-state index in [2.05, 4.69) is 61.9 Å². The highest BCUT2D eigenvalue weighted by atomic mass is 32.1. The van der Waals surface area contributed by atoms with Crippen molar-refractivity contribution in [3.05, 3.63) is 64.4 Å². The summed E-state index contributed by atoms with van der Waals surface area (Å²) in [5.41, 5.74) is 6.81. The van der Waals surface area contributed by atoms with E-state index in [1.165, 1.54) is 16.7 Å². The van der Waals surface area contributed by atoms with Gasteiger partial charge in [0.15, 0.2) is 10.0 Å². The van der Waals surface area contributed by atoms with E-state index in [1.54, 1.807) is 22.7 Å². The number of aromatic nitrogens is 2. The van der Waals surface area contributed by atoms with Crippen molar-refractivity contribution in [2.45, 2.75) is 33.6 Å². The molecule has 148 valence electrons. The van der Waals surface area contributed by atoms with Gasteiger partial charge in [0.1, 0.15) is 5.75 Å². The summed E-state index contributed by atoms with van der Waals surface area (Å²) in [5.74, 6) is 0.913. The smallest absolute Gasteiger partial charge is 0.152 e. The third-order valence-electron chi connectivity index (χ3n) is 4.77. The zero-order chi connectivity index (χ0) is 20.2. The zero-order valence-electron chi connectivity index (χ0n) is 16.9. The van der Waals surface area contributed by atoms with Crippen LogP contribution in [0.2, 0.25) is 0 Å². The van der Waals surface area contributed by atoms with Gasteiger partial charge in [-0.15, -0.1) is 22.7 Å². The molecule has 0 aliphatic rings. The first-order chi connectivity index (χ1) is 14.1. The Morgan fingerprint density at radius 3 is 2.24 bits per heavy atom.